The van der Waals surface area contributed by atoms with Crippen LogP contribution >= 0.6 is 15.9 Å². The molecule has 1 N–H and O–H groups in total. The van der Waals surface area contributed by atoms with Gasteiger partial charge in [0.25, 0.3) is 0 Å². The molecule has 4 atom stereocenters. The van der Waals surface area contributed by atoms with Gasteiger partial charge in [-0.3, -0.25) is 19.3 Å². The van der Waals surface area contributed by atoms with Crippen molar-refractivity contribution < 1.29 is 14.4 Å². The lowest BCUT2D eigenvalue weighted by atomic mass is 9.81. The van der Waals surface area contributed by atoms with Gasteiger partial charge in [0.2, 0.25) is 17.7 Å². The van der Waals surface area contributed by atoms with Crippen LogP contribution in [0.5, 0.6) is 0 Å². The summed E-state index contributed by atoms with van der Waals surface area (Å²) in [6.45, 7) is 4.13. The van der Waals surface area contributed by atoms with Gasteiger partial charge in [0.15, 0.2) is 0 Å². The van der Waals surface area contributed by atoms with Gasteiger partial charge >= 0.3 is 0 Å². The van der Waals surface area contributed by atoms with Crippen LogP contribution in [-0.4, -0.2) is 29.2 Å². The molecule has 0 radical (unpaired) electrons. The molecule has 3 fully saturated rings. The lowest BCUT2D eigenvalue weighted by molar-refractivity contribution is -0.140. The van der Waals surface area contributed by atoms with E-state index < -0.39 is 0 Å². The molecule has 138 valence electrons. The summed E-state index contributed by atoms with van der Waals surface area (Å²) in [5.74, 6) is 0.283. The lowest BCUT2D eigenvalue weighted by Crippen LogP contribution is -2.35. The van der Waals surface area contributed by atoms with Crippen molar-refractivity contribution in [2.24, 2.45) is 23.7 Å². The minimum absolute atomic E-state index is 0.0457. The van der Waals surface area contributed by atoms with Crippen LogP contribution in [0.2, 0.25) is 0 Å². The summed E-state index contributed by atoms with van der Waals surface area (Å²) in [7, 11) is 0. The Morgan fingerprint density at radius 1 is 1.12 bits per heavy atom. The number of carbonyl (C=O) groups excluding carboxylic acids is 3. The first kappa shape index (κ1) is 17.7. The molecule has 2 bridgehead atoms. The predicted molar refractivity (Wildman–Crippen MR) is 101 cm³/mol. The van der Waals surface area contributed by atoms with E-state index in [-0.39, 0.29) is 42.5 Å². The second kappa shape index (κ2) is 6.48. The molecule has 1 heterocycles. The molecule has 0 spiro atoms. The van der Waals surface area contributed by atoms with E-state index >= 15 is 0 Å². The zero-order chi connectivity index (χ0) is 18.6. The Morgan fingerprint density at radius 2 is 1.73 bits per heavy atom. The number of anilines is 1. The molecule has 0 unspecified atom stereocenters. The third kappa shape index (κ3) is 2.70. The van der Waals surface area contributed by atoms with E-state index in [9.17, 15) is 14.4 Å². The number of nitrogens with zero attached hydrogens (tertiary/aromatic N) is 1. The van der Waals surface area contributed by atoms with Crippen LogP contribution in [0.3, 0.4) is 0 Å². The van der Waals surface area contributed by atoms with Crippen LogP contribution in [0.4, 0.5) is 5.69 Å². The van der Waals surface area contributed by atoms with Crippen LogP contribution < -0.4 is 5.32 Å². The van der Waals surface area contributed by atoms with Gasteiger partial charge in [-0.25, -0.2) is 0 Å². The smallest absolute Gasteiger partial charge is 0.233 e. The van der Waals surface area contributed by atoms with Crippen LogP contribution in [0.25, 0.3) is 0 Å². The summed E-state index contributed by atoms with van der Waals surface area (Å²) in [5.41, 5.74) is 2.85. The second-order valence-corrected chi connectivity index (χ2v) is 8.71. The van der Waals surface area contributed by atoms with E-state index in [1.165, 1.54) is 4.90 Å². The summed E-state index contributed by atoms with van der Waals surface area (Å²) < 4.78 is 1.00. The Morgan fingerprint density at radius 3 is 2.35 bits per heavy atom. The molecule has 1 aliphatic heterocycles. The van der Waals surface area contributed by atoms with Crippen molar-refractivity contribution in [2.75, 3.05) is 11.9 Å². The molecule has 4 rings (SSSR count). The fourth-order valence-corrected chi connectivity index (χ4v) is 5.47. The number of likely N-dealkylation sites (tertiary alicyclic amines) is 1. The average Bonchev–Trinajstić information content (AvgIpc) is 3.28. The Balaban J connectivity index is 1.39. The van der Waals surface area contributed by atoms with Crippen LogP contribution in [0, 0.1) is 37.5 Å². The summed E-state index contributed by atoms with van der Waals surface area (Å²) >= 11 is 3.48. The normalized spacial score (nSPS) is 29.4. The molecule has 26 heavy (non-hydrogen) atoms. The molecule has 5 nitrogen and oxygen atoms in total. The van der Waals surface area contributed by atoms with E-state index in [1.807, 2.05) is 26.0 Å². The first-order valence-corrected chi connectivity index (χ1v) is 10.1. The Kier molecular flexibility index (Phi) is 4.41. The molecule has 0 aromatic heterocycles. The van der Waals surface area contributed by atoms with Gasteiger partial charge < -0.3 is 5.32 Å². The molecule has 2 aliphatic carbocycles. The Hall–Kier alpha value is -1.69. The van der Waals surface area contributed by atoms with Gasteiger partial charge in [0.1, 0.15) is 0 Å². The highest BCUT2D eigenvalue weighted by Gasteiger charge is 2.60. The first-order chi connectivity index (χ1) is 12.4. The standard InChI is InChI=1S/C20H23BrN2O3/c1-10-11(2)15(6-5-14(10)21)22-16(24)7-8-23-19(25)17-12-3-4-13(9-12)18(17)20(23)26/h5-6,12-13,17-18H,3-4,7-9H2,1-2H3,(H,22,24)/t12-,13-,17-,18-/m0/s1. The zero-order valence-electron chi connectivity index (χ0n) is 15.0. The molecule has 3 aliphatic rings. The highest BCUT2D eigenvalue weighted by atomic mass is 79.9. The first-order valence-electron chi connectivity index (χ1n) is 9.29. The van der Waals surface area contributed by atoms with Crippen molar-refractivity contribution in [2.45, 2.75) is 39.5 Å². The number of nitrogens with one attached hydrogen (secondary N) is 1. The number of hydrogen-bond acceptors (Lipinski definition) is 3. The fourth-order valence-electron chi connectivity index (χ4n) is 5.04. The van der Waals surface area contributed by atoms with Gasteiger partial charge in [-0.15, -0.1) is 0 Å². The molecule has 6 heteroatoms. The highest BCUT2D eigenvalue weighted by Crippen LogP contribution is 2.56. The van der Waals surface area contributed by atoms with E-state index in [0.29, 0.717) is 11.8 Å². The SMILES string of the molecule is Cc1c(Br)ccc(NC(=O)CCN2C(=O)[C@H]3[C@H]4CC[C@@H](C4)[C@@H]3C2=O)c1C. The van der Waals surface area contributed by atoms with Crippen LogP contribution in [0.15, 0.2) is 16.6 Å². The predicted octanol–water partition coefficient (Wildman–Crippen LogP) is 3.43. The van der Waals surface area contributed by atoms with Gasteiger partial charge in [0, 0.05) is 23.1 Å². The largest absolute Gasteiger partial charge is 0.326 e. The molecule has 1 aromatic carbocycles. The monoisotopic (exact) mass is 418 g/mol. The summed E-state index contributed by atoms with van der Waals surface area (Å²) in [6, 6.07) is 3.76. The fraction of sp³-hybridized carbons (Fsp3) is 0.550. The highest BCUT2D eigenvalue weighted by molar-refractivity contribution is 9.10. The number of fused-ring (bicyclic) bond motifs is 5. The third-order valence-corrected chi connectivity index (χ3v) is 7.44. The van der Waals surface area contributed by atoms with Crippen molar-refractivity contribution >= 4 is 39.3 Å². The average molecular weight is 419 g/mol. The van der Waals surface area contributed by atoms with Crippen molar-refractivity contribution in [3.63, 3.8) is 0 Å². The van der Waals surface area contributed by atoms with Gasteiger partial charge in [-0.05, 0) is 68.2 Å². The number of hydrogen-bond donors (Lipinski definition) is 1. The molecular formula is C20H23BrN2O3. The Bertz CT molecular complexity index is 778. The number of amides is 3. The van der Waals surface area contributed by atoms with Crippen molar-refractivity contribution in [3.05, 3.63) is 27.7 Å². The summed E-state index contributed by atoms with van der Waals surface area (Å²) in [4.78, 5) is 39.0. The van der Waals surface area contributed by atoms with Crippen molar-refractivity contribution in [3.8, 4) is 0 Å². The minimum Gasteiger partial charge on any atom is -0.326 e. The maximum atomic E-state index is 12.7. The Labute approximate surface area is 161 Å². The maximum Gasteiger partial charge on any atom is 0.233 e. The number of benzene rings is 1. The van der Waals surface area contributed by atoms with Crippen LogP contribution in [-0.2, 0) is 14.4 Å². The van der Waals surface area contributed by atoms with E-state index in [4.69, 9.17) is 0 Å². The number of rotatable bonds is 4. The molecule has 1 aromatic rings. The van der Waals surface area contributed by atoms with Gasteiger partial charge in [-0.1, -0.05) is 15.9 Å². The van der Waals surface area contributed by atoms with E-state index in [1.54, 1.807) is 0 Å². The number of halogens is 1. The zero-order valence-corrected chi connectivity index (χ0v) is 16.6. The van der Waals surface area contributed by atoms with Crippen molar-refractivity contribution in [1.82, 2.24) is 4.90 Å². The van der Waals surface area contributed by atoms with Gasteiger partial charge in [-0.2, -0.15) is 0 Å². The topological polar surface area (TPSA) is 66.5 Å². The van der Waals surface area contributed by atoms with E-state index in [0.717, 1.165) is 40.5 Å². The molecule has 3 amide bonds. The molecule has 2 saturated carbocycles. The van der Waals surface area contributed by atoms with Crippen molar-refractivity contribution in [1.29, 1.82) is 0 Å². The lowest BCUT2D eigenvalue weighted by Gasteiger charge is -2.19. The summed E-state index contributed by atoms with van der Waals surface area (Å²) in [5, 5.41) is 2.90. The number of carbonyl (C=O) groups is 3. The van der Waals surface area contributed by atoms with E-state index in [2.05, 4.69) is 21.2 Å². The molecule has 1 saturated heterocycles. The third-order valence-electron chi connectivity index (χ3n) is 6.58. The van der Waals surface area contributed by atoms with Gasteiger partial charge in [0.05, 0.1) is 11.8 Å². The molecular weight excluding hydrogens is 396 g/mol. The van der Waals surface area contributed by atoms with Crippen LogP contribution in [0.1, 0.15) is 36.8 Å². The number of imide groups is 1. The maximum absolute atomic E-state index is 12.7. The minimum atomic E-state index is -0.171. The summed E-state index contributed by atoms with van der Waals surface area (Å²) in [6.07, 6.45) is 3.31. The second-order valence-electron chi connectivity index (χ2n) is 7.86. The quantitative estimate of drug-likeness (QED) is 0.761.